The molecule has 1 atom stereocenters. The van der Waals surface area contributed by atoms with Gasteiger partial charge >= 0.3 is 0 Å². The van der Waals surface area contributed by atoms with E-state index in [2.05, 4.69) is 35.6 Å². The van der Waals surface area contributed by atoms with Gasteiger partial charge in [-0.05, 0) is 18.1 Å². The van der Waals surface area contributed by atoms with Crippen LogP contribution >= 0.6 is 0 Å². The van der Waals surface area contributed by atoms with Gasteiger partial charge in [-0.1, -0.05) is 74.2 Å². The van der Waals surface area contributed by atoms with Crippen molar-refractivity contribution < 1.29 is 9.53 Å². The van der Waals surface area contributed by atoms with Gasteiger partial charge in [-0.15, -0.1) is 0 Å². The normalized spacial score (nSPS) is 11.1. The lowest BCUT2D eigenvalue weighted by Gasteiger charge is -2.20. The monoisotopic (exact) mass is 296 g/mol. The second-order valence-electron chi connectivity index (χ2n) is 5.20. The Balaban J connectivity index is 0.000000422. The zero-order valence-corrected chi connectivity index (χ0v) is 13.5. The molecule has 0 saturated heterocycles. The molecule has 2 rings (SSSR count). The smallest absolute Gasteiger partial charge is 0.123 e. The summed E-state index contributed by atoms with van der Waals surface area (Å²) in [6, 6.07) is 20.4. The average molecular weight is 296 g/mol. The molecule has 0 fully saturated rings. The molecule has 22 heavy (non-hydrogen) atoms. The number of allylic oxidation sites excluding steroid dienone is 1. The van der Waals surface area contributed by atoms with Crippen molar-refractivity contribution in [2.24, 2.45) is 5.92 Å². The van der Waals surface area contributed by atoms with Gasteiger partial charge in [0.15, 0.2) is 0 Å². The number of hydrogen-bond acceptors (Lipinski definition) is 2. The van der Waals surface area contributed by atoms with Crippen LogP contribution in [0.1, 0.15) is 30.9 Å². The zero-order chi connectivity index (χ0) is 16.4. The minimum atomic E-state index is -0.0141. The Labute approximate surface area is 133 Å². The van der Waals surface area contributed by atoms with Gasteiger partial charge < -0.3 is 9.53 Å². The van der Waals surface area contributed by atoms with Crippen LogP contribution in [0.25, 0.3) is 0 Å². The van der Waals surface area contributed by atoms with Crippen LogP contribution in [0.2, 0.25) is 0 Å². The first-order valence-corrected chi connectivity index (χ1v) is 7.34. The molecule has 116 valence electrons. The van der Waals surface area contributed by atoms with Gasteiger partial charge in [-0.3, -0.25) is 0 Å². The minimum absolute atomic E-state index is 0.0141. The highest BCUT2D eigenvalue weighted by molar-refractivity contribution is 5.57. The van der Waals surface area contributed by atoms with E-state index < -0.39 is 0 Å². The molecule has 2 heteroatoms. The van der Waals surface area contributed by atoms with Gasteiger partial charge in [0.25, 0.3) is 0 Å². The first-order chi connectivity index (χ1) is 10.6. The molecule has 0 aliphatic rings. The number of ether oxygens (including phenoxy) is 1. The first-order valence-electron chi connectivity index (χ1n) is 7.34. The van der Waals surface area contributed by atoms with E-state index in [1.54, 1.807) is 14.0 Å². The highest BCUT2D eigenvalue weighted by Crippen LogP contribution is 2.30. The van der Waals surface area contributed by atoms with Gasteiger partial charge in [0.05, 0.1) is 12.9 Å². The Morgan fingerprint density at radius 1 is 1.00 bits per heavy atom. The molecule has 0 aliphatic heterocycles. The summed E-state index contributed by atoms with van der Waals surface area (Å²) in [5.74, 6) is 0.889. The predicted molar refractivity (Wildman–Crippen MR) is 91.8 cm³/mol. The molecule has 0 N–H and O–H groups in total. The Morgan fingerprint density at radius 2 is 1.36 bits per heavy atom. The summed E-state index contributed by atoms with van der Waals surface area (Å²) in [7, 11) is 1.60. The molecule has 1 unspecified atom stereocenters. The SMILES string of the molecule is C=C(C)OC.CC(C=O)C(c1ccccc1)c1ccccc1. The summed E-state index contributed by atoms with van der Waals surface area (Å²) < 4.78 is 4.56. The summed E-state index contributed by atoms with van der Waals surface area (Å²) in [6.07, 6.45) is 1.03. The first kappa shape index (κ1) is 17.7. The molecule has 2 aromatic carbocycles. The van der Waals surface area contributed by atoms with E-state index in [-0.39, 0.29) is 11.8 Å². The highest BCUT2D eigenvalue weighted by atomic mass is 16.5. The van der Waals surface area contributed by atoms with Crippen molar-refractivity contribution in [1.29, 1.82) is 0 Å². The van der Waals surface area contributed by atoms with E-state index in [9.17, 15) is 4.79 Å². The van der Waals surface area contributed by atoms with Crippen LogP contribution in [0.4, 0.5) is 0 Å². The summed E-state index contributed by atoms with van der Waals surface area (Å²) in [6.45, 7) is 7.23. The van der Waals surface area contributed by atoms with Crippen LogP contribution in [0.15, 0.2) is 73.0 Å². The zero-order valence-electron chi connectivity index (χ0n) is 13.5. The van der Waals surface area contributed by atoms with Gasteiger partial charge in [-0.2, -0.15) is 0 Å². The number of hydrogen-bond donors (Lipinski definition) is 0. The lowest BCUT2D eigenvalue weighted by molar-refractivity contribution is -0.111. The molecule has 0 aromatic heterocycles. The van der Waals surface area contributed by atoms with Crippen molar-refractivity contribution in [3.05, 3.63) is 84.1 Å². The Bertz CT molecular complexity index is 521. The van der Waals surface area contributed by atoms with E-state index >= 15 is 0 Å². The Hall–Kier alpha value is -2.35. The molecule has 0 spiro atoms. The van der Waals surface area contributed by atoms with Crippen LogP contribution in [0, 0.1) is 5.92 Å². The maximum atomic E-state index is 11.1. The van der Waals surface area contributed by atoms with Gasteiger partial charge in [-0.25, -0.2) is 0 Å². The highest BCUT2D eigenvalue weighted by Gasteiger charge is 2.20. The fraction of sp³-hybridized carbons (Fsp3) is 0.250. The number of aldehydes is 1. The quantitative estimate of drug-likeness (QED) is 0.584. The minimum Gasteiger partial charge on any atom is -0.502 e. The summed E-state index contributed by atoms with van der Waals surface area (Å²) in [5, 5.41) is 0. The van der Waals surface area contributed by atoms with Crippen LogP contribution in [0.5, 0.6) is 0 Å². The van der Waals surface area contributed by atoms with Crippen molar-refractivity contribution >= 4 is 6.29 Å². The average Bonchev–Trinajstić information content (AvgIpc) is 2.57. The molecule has 2 nitrogen and oxygen atoms in total. The van der Waals surface area contributed by atoms with Gasteiger partial charge in [0.2, 0.25) is 0 Å². The maximum Gasteiger partial charge on any atom is 0.123 e. The molecule has 0 aliphatic carbocycles. The van der Waals surface area contributed by atoms with Crippen LogP contribution in [0.3, 0.4) is 0 Å². The fourth-order valence-electron chi connectivity index (χ4n) is 2.20. The third-order valence-corrected chi connectivity index (χ3v) is 3.41. The second kappa shape index (κ2) is 9.56. The lowest BCUT2D eigenvalue weighted by Crippen LogP contribution is -2.12. The third kappa shape index (κ3) is 5.57. The second-order valence-corrected chi connectivity index (χ2v) is 5.20. The van der Waals surface area contributed by atoms with Crippen molar-refractivity contribution in [2.45, 2.75) is 19.8 Å². The summed E-state index contributed by atoms with van der Waals surface area (Å²) in [4.78, 5) is 11.1. The molecule has 2 aromatic rings. The maximum absolute atomic E-state index is 11.1. The molecule has 0 amide bonds. The third-order valence-electron chi connectivity index (χ3n) is 3.41. The van der Waals surface area contributed by atoms with Crippen molar-refractivity contribution in [3.63, 3.8) is 0 Å². The number of carbonyl (C=O) groups is 1. The number of methoxy groups -OCH3 is 1. The summed E-state index contributed by atoms with van der Waals surface area (Å²) in [5.41, 5.74) is 2.39. The largest absolute Gasteiger partial charge is 0.502 e. The molecule has 0 saturated carbocycles. The van der Waals surface area contributed by atoms with E-state index in [1.165, 1.54) is 11.1 Å². The van der Waals surface area contributed by atoms with Gasteiger partial charge in [0.1, 0.15) is 6.29 Å². The van der Waals surface area contributed by atoms with E-state index in [1.807, 2.05) is 43.3 Å². The predicted octanol–water partition coefficient (Wildman–Crippen LogP) is 4.82. The van der Waals surface area contributed by atoms with Crippen LogP contribution < -0.4 is 0 Å². The van der Waals surface area contributed by atoms with Crippen molar-refractivity contribution in [3.8, 4) is 0 Å². The molecular weight excluding hydrogens is 272 g/mol. The number of rotatable bonds is 5. The number of carbonyl (C=O) groups excluding carboxylic acids is 1. The molecular formula is C20H24O2. The fourth-order valence-corrected chi connectivity index (χ4v) is 2.20. The topological polar surface area (TPSA) is 26.3 Å². The lowest BCUT2D eigenvalue weighted by atomic mass is 9.82. The van der Waals surface area contributed by atoms with Crippen LogP contribution in [-0.4, -0.2) is 13.4 Å². The Morgan fingerprint density at radius 3 is 1.64 bits per heavy atom. The molecule has 0 radical (unpaired) electrons. The standard InChI is InChI=1S/C16H16O.C4H8O/c1-13(12-17)16(14-8-4-2-5-9-14)15-10-6-3-7-11-15;1-4(2)5-3/h2-13,16H,1H3;1H2,2-3H3. The van der Waals surface area contributed by atoms with Crippen molar-refractivity contribution in [2.75, 3.05) is 7.11 Å². The van der Waals surface area contributed by atoms with E-state index in [0.29, 0.717) is 0 Å². The number of benzene rings is 2. The van der Waals surface area contributed by atoms with Crippen LogP contribution in [-0.2, 0) is 9.53 Å². The van der Waals surface area contributed by atoms with Crippen molar-refractivity contribution in [1.82, 2.24) is 0 Å². The van der Waals surface area contributed by atoms with E-state index in [4.69, 9.17) is 0 Å². The molecule has 0 bridgehead atoms. The summed E-state index contributed by atoms with van der Waals surface area (Å²) >= 11 is 0. The van der Waals surface area contributed by atoms with E-state index in [0.717, 1.165) is 12.0 Å². The molecule has 0 heterocycles. The Kier molecular flexibility index (Phi) is 7.69. The van der Waals surface area contributed by atoms with Gasteiger partial charge in [0, 0.05) is 11.8 Å².